The van der Waals surface area contributed by atoms with Crippen molar-refractivity contribution in [2.45, 2.75) is 19.0 Å². The number of amides is 1. The molecule has 4 rings (SSSR count). The molecule has 13 heteroatoms. The fourth-order valence-corrected chi connectivity index (χ4v) is 4.15. The number of rotatable bonds is 6. The summed E-state index contributed by atoms with van der Waals surface area (Å²) in [5.74, 6) is -2.99. The predicted octanol–water partition coefficient (Wildman–Crippen LogP) is 5.55. The van der Waals surface area contributed by atoms with Crippen molar-refractivity contribution in [2.75, 3.05) is 25.0 Å². The van der Waals surface area contributed by atoms with Gasteiger partial charge in [-0.3, -0.25) is 4.79 Å². The number of carbonyl (C=O) groups excluding carboxylic acids is 1. The minimum Gasteiger partial charge on any atom is -0.481 e. The third-order valence-corrected chi connectivity index (χ3v) is 6.04. The van der Waals surface area contributed by atoms with Crippen LogP contribution < -0.4 is 15.4 Å². The molecule has 35 heavy (non-hydrogen) atoms. The maximum absolute atomic E-state index is 14.3. The summed E-state index contributed by atoms with van der Waals surface area (Å²) in [7, 11) is 0. The Hall–Kier alpha value is -2.83. The molecule has 188 valence electrons. The molecule has 1 aromatic carbocycles. The fraction of sp³-hybridized carbons (Fsp3) is 0.318. The van der Waals surface area contributed by atoms with E-state index in [1.165, 1.54) is 6.20 Å². The molecule has 0 aliphatic carbocycles. The van der Waals surface area contributed by atoms with Gasteiger partial charge in [-0.25, -0.2) is 13.8 Å². The van der Waals surface area contributed by atoms with E-state index in [-0.39, 0.29) is 18.1 Å². The highest BCUT2D eigenvalue weighted by Crippen LogP contribution is 2.38. The molecule has 1 amide bonds. The molecule has 1 saturated heterocycles. The first-order valence-electron chi connectivity index (χ1n) is 10.4. The van der Waals surface area contributed by atoms with Crippen LogP contribution in [-0.2, 0) is 6.18 Å². The van der Waals surface area contributed by atoms with Crippen molar-refractivity contribution in [3.8, 4) is 16.3 Å². The molecule has 0 spiro atoms. The van der Waals surface area contributed by atoms with E-state index in [9.17, 15) is 26.7 Å². The molecule has 1 aliphatic rings. The van der Waals surface area contributed by atoms with E-state index >= 15 is 0 Å². The van der Waals surface area contributed by atoms with Crippen LogP contribution in [0.15, 0.2) is 36.5 Å². The average molecular weight is 535 g/mol. The van der Waals surface area contributed by atoms with E-state index in [1.54, 1.807) is 0 Å². The average Bonchev–Trinajstić information content (AvgIpc) is 3.24. The SMILES string of the molecule is Cl.O=C(Nc1cnsc1OCC1CCNCC1)c1ccc(C(F)(F)F)c(-c2c(F)cccc2F)n1. The van der Waals surface area contributed by atoms with Crippen LogP contribution in [0.4, 0.5) is 27.6 Å². The zero-order valence-electron chi connectivity index (χ0n) is 18.0. The second-order valence-corrected chi connectivity index (χ2v) is 8.44. The van der Waals surface area contributed by atoms with Crippen molar-refractivity contribution in [1.82, 2.24) is 14.7 Å². The summed E-state index contributed by atoms with van der Waals surface area (Å²) in [6.45, 7) is 2.22. The van der Waals surface area contributed by atoms with Crippen molar-refractivity contribution in [1.29, 1.82) is 0 Å². The van der Waals surface area contributed by atoms with Crippen molar-refractivity contribution in [3.05, 3.63) is 59.4 Å². The van der Waals surface area contributed by atoms with Gasteiger partial charge >= 0.3 is 6.18 Å². The largest absolute Gasteiger partial charge is 0.481 e. The van der Waals surface area contributed by atoms with Gasteiger partial charge in [0.1, 0.15) is 23.0 Å². The molecule has 0 saturated carbocycles. The highest BCUT2D eigenvalue weighted by Gasteiger charge is 2.36. The monoisotopic (exact) mass is 534 g/mol. The van der Waals surface area contributed by atoms with Crippen molar-refractivity contribution >= 4 is 35.5 Å². The Labute approximate surface area is 207 Å². The van der Waals surface area contributed by atoms with E-state index in [0.717, 1.165) is 61.7 Å². The Bertz CT molecular complexity index is 1160. The van der Waals surface area contributed by atoms with Crippen molar-refractivity contribution in [3.63, 3.8) is 0 Å². The minimum atomic E-state index is -4.95. The van der Waals surface area contributed by atoms with Gasteiger partial charge in [-0.05, 0) is 56.1 Å². The normalized spacial score (nSPS) is 14.3. The van der Waals surface area contributed by atoms with Gasteiger partial charge in [0, 0.05) is 11.5 Å². The lowest BCUT2D eigenvalue weighted by Gasteiger charge is -2.22. The number of pyridine rings is 1. The molecular weight excluding hydrogens is 515 g/mol. The Morgan fingerprint density at radius 2 is 1.83 bits per heavy atom. The van der Waals surface area contributed by atoms with Crippen LogP contribution in [0.2, 0.25) is 0 Å². The van der Waals surface area contributed by atoms with Crippen molar-refractivity contribution in [2.24, 2.45) is 5.92 Å². The Morgan fingerprint density at radius 3 is 2.49 bits per heavy atom. The molecule has 2 aromatic heterocycles. The first-order chi connectivity index (χ1) is 16.2. The highest BCUT2D eigenvalue weighted by atomic mass is 35.5. The Morgan fingerprint density at radius 1 is 1.14 bits per heavy atom. The lowest BCUT2D eigenvalue weighted by atomic mass is 9.99. The predicted molar refractivity (Wildman–Crippen MR) is 123 cm³/mol. The van der Waals surface area contributed by atoms with E-state index in [2.05, 4.69) is 20.0 Å². The molecule has 0 bridgehead atoms. The van der Waals surface area contributed by atoms with Crippen LogP contribution in [0, 0.1) is 17.6 Å². The highest BCUT2D eigenvalue weighted by molar-refractivity contribution is 7.08. The zero-order valence-corrected chi connectivity index (χ0v) is 19.6. The summed E-state index contributed by atoms with van der Waals surface area (Å²) < 4.78 is 78.8. The third-order valence-electron chi connectivity index (χ3n) is 5.33. The molecule has 0 atom stereocenters. The van der Waals surface area contributed by atoms with Crippen LogP contribution in [0.1, 0.15) is 28.9 Å². The first kappa shape index (κ1) is 26.8. The Kier molecular flexibility index (Phi) is 8.62. The number of anilines is 1. The molecule has 2 N–H and O–H groups in total. The van der Waals surface area contributed by atoms with Crippen LogP contribution in [0.25, 0.3) is 11.3 Å². The fourth-order valence-electron chi connectivity index (χ4n) is 3.57. The maximum Gasteiger partial charge on any atom is 0.418 e. The van der Waals surface area contributed by atoms with Gasteiger partial charge in [0.05, 0.1) is 29.6 Å². The van der Waals surface area contributed by atoms with Gasteiger partial charge < -0.3 is 15.4 Å². The van der Waals surface area contributed by atoms with E-state index < -0.39 is 46.2 Å². The van der Waals surface area contributed by atoms with Crippen LogP contribution in [0.3, 0.4) is 0 Å². The van der Waals surface area contributed by atoms with Crippen LogP contribution in [0.5, 0.6) is 5.06 Å². The van der Waals surface area contributed by atoms with Gasteiger partial charge in [-0.15, -0.1) is 12.4 Å². The van der Waals surface area contributed by atoms with Gasteiger partial charge in [0.25, 0.3) is 5.91 Å². The van der Waals surface area contributed by atoms with Crippen LogP contribution >= 0.6 is 23.9 Å². The summed E-state index contributed by atoms with van der Waals surface area (Å²) in [6.07, 6.45) is -1.70. The van der Waals surface area contributed by atoms with Gasteiger partial charge in [-0.2, -0.15) is 17.5 Å². The van der Waals surface area contributed by atoms with E-state index in [4.69, 9.17) is 4.74 Å². The summed E-state index contributed by atoms with van der Waals surface area (Å²) in [6, 6.07) is 4.07. The Balaban J connectivity index is 0.00000342. The quantitative estimate of drug-likeness (QED) is 0.405. The molecule has 1 fully saturated rings. The number of carbonyl (C=O) groups is 1. The number of halogens is 6. The lowest BCUT2D eigenvalue weighted by molar-refractivity contribution is -0.137. The number of piperidine rings is 1. The summed E-state index contributed by atoms with van der Waals surface area (Å²) in [5, 5.41) is 6.10. The second-order valence-electron chi connectivity index (χ2n) is 7.67. The molecule has 0 radical (unpaired) electrons. The molecule has 3 aromatic rings. The van der Waals surface area contributed by atoms with Gasteiger partial charge in [0.2, 0.25) is 5.06 Å². The first-order valence-corrected chi connectivity index (χ1v) is 11.1. The third kappa shape index (κ3) is 6.24. The number of benzene rings is 1. The second kappa shape index (κ2) is 11.3. The minimum absolute atomic E-state index is 0. The number of hydrogen-bond acceptors (Lipinski definition) is 6. The molecule has 1 aliphatic heterocycles. The van der Waals surface area contributed by atoms with Crippen molar-refractivity contribution < 1.29 is 31.5 Å². The van der Waals surface area contributed by atoms with E-state index in [0.29, 0.717) is 23.7 Å². The topological polar surface area (TPSA) is 76.1 Å². The maximum atomic E-state index is 14.3. The molecule has 3 heterocycles. The number of hydrogen-bond donors (Lipinski definition) is 2. The zero-order chi connectivity index (χ0) is 24.3. The van der Waals surface area contributed by atoms with Crippen LogP contribution in [-0.4, -0.2) is 35.0 Å². The molecule has 0 unspecified atom stereocenters. The number of nitrogens with one attached hydrogen (secondary N) is 2. The molecular formula is C22H20ClF5N4O2S. The standard InChI is InChI=1S/C22H19F5N4O2S.ClH/c23-14-2-1-3-15(24)18(14)19-13(22(25,26)27)4-5-16(30-19)20(32)31-17-10-29-34-21(17)33-11-12-6-8-28-9-7-12;/h1-5,10,12,28H,6-9,11H2,(H,31,32);1H. The lowest BCUT2D eigenvalue weighted by Crippen LogP contribution is -2.30. The summed E-state index contributed by atoms with van der Waals surface area (Å²) >= 11 is 1.01. The van der Waals surface area contributed by atoms with Gasteiger partial charge in [-0.1, -0.05) is 6.07 Å². The smallest absolute Gasteiger partial charge is 0.418 e. The van der Waals surface area contributed by atoms with Gasteiger partial charge in [0.15, 0.2) is 0 Å². The summed E-state index contributed by atoms with van der Waals surface area (Å²) in [4.78, 5) is 16.4. The van der Waals surface area contributed by atoms with E-state index in [1.807, 2.05) is 0 Å². The number of alkyl halides is 3. The number of ether oxygens (including phenoxy) is 1. The molecule has 6 nitrogen and oxygen atoms in total. The summed E-state index contributed by atoms with van der Waals surface area (Å²) in [5.41, 5.74) is -3.57. The number of nitrogens with zero attached hydrogens (tertiary/aromatic N) is 2. The number of aromatic nitrogens is 2.